The van der Waals surface area contributed by atoms with E-state index in [0.29, 0.717) is 45.7 Å². The van der Waals surface area contributed by atoms with Crippen LogP contribution in [-0.2, 0) is 10.0 Å². The molecule has 0 unspecified atom stereocenters. The first-order valence-corrected chi connectivity index (χ1v) is 14.0. The standard InChI is InChI=1S/C24H23Cl2FN6O3S/c1-14(22-18(25)12-28-13-19(22)26)36-16-3-4-21-17(10-16)23(31-30-21)15-9-20(27)24(29-11-15)32-5-7-33(8-6-32)37(2,34)35/h3-4,9-14H,5-8H2,1-2H3,(H,30,31)/t14-/m1/s1. The van der Waals surface area contributed by atoms with Gasteiger partial charge in [-0.15, -0.1) is 0 Å². The molecular weight excluding hydrogens is 542 g/mol. The molecule has 0 aliphatic carbocycles. The number of fused-ring (bicyclic) bond motifs is 1. The Kier molecular flexibility index (Phi) is 6.97. The molecule has 194 valence electrons. The highest BCUT2D eigenvalue weighted by Gasteiger charge is 2.26. The maximum atomic E-state index is 15.1. The number of anilines is 1. The largest absolute Gasteiger partial charge is 0.486 e. The van der Waals surface area contributed by atoms with Crippen LogP contribution in [0.2, 0.25) is 10.0 Å². The summed E-state index contributed by atoms with van der Waals surface area (Å²) in [6.45, 7) is 3.10. The molecule has 1 atom stereocenters. The molecule has 1 aromatic carbocycles. The lowest BCUT2D eigenvalue weighted by molar-refractivity contribution is 0.227. The SMILES string of the molecule is C[C@@H](Oc1ccc2[nH]nc(-c3cnc(N4CCN(S(C)(=O)=O)CC4)c(F)c3)c2c1)c1c(Cl)cncc1Cl. The average molecular weight is 565 g/mol. The van der Waals surface area contributed by atoms with Gasteiger partial charge in [0.25, 0.3) is 0 Å². The molecule has 4 heterocycles. The van der Waals surface area contributed by atoms with Crippen molar-refractivity contribution in [1.82, 2.24) is 24.5 Å². The number of hydrogen-bond donors (Lipinski definition) is 1. The number of hydrogen-bond acceptors (Lipinski definition) is 7. The number of piperazine rings is 1. The number of ether oxygens (including phenoxy) is 1. The van der Waals surface area contributed by atoms with Crippen molar-refractivity contribution in [2.75, 3.05) is 37.3 Å². The quantitative estimate of drug-likeness (QED) is 0.362. The van der Waals surface area contributed by atoms with Crippen molar-refractivity contribution in [3.8, 4) is 17.0 Å². The molecule has 0 spiro atoms. The fourth-order valence-electron chi connectivity index (χ4n) is 4.38. The number of sulfonamides is 1. The van der Waals surface area contributed by atoms with E-state index in [0.717, 1.165) is 10.9 Å². The highest BCUT2D eigenvalue weighted by atomic mass is 35.5. The lowest BCUT2D eigenvalue weighted by atomic mass is 10.1. The molecule has 0 radical (unpaired) electrons. The Balaban J connectivity index is 1.39. The highest BCUT2D eigenvalue weighted by Crippen LogP contribution is 2.35. The van der Waals surface area contributed by atoms with Gasteiger partial charge in [-0.25, -0.2) is 17.8 Å². The number of nitrogens with one attached hydrogen (secondary N) is 1. The van der Waals surface area contributed by atoms with Crippen LogP contribution in [0.3, 0.4) is 0 Å². The number of nitrogens with zero attached hydrogens (tertiary/aromatic N) is 5. The Hall–Kier alpha value is -2.99. The van der Waals surface area contributed by atoms with E-state index in [-0.39, 0.29) is 18.9 Å². The Bertz CT molecular complexity index is 1550. The lowest BCUT2D eigenvalue weighted by Crippen LogP contribution is -2.48. The molecule has 3 aromatic heterocycles. The molecule has 5 rings (SSSR count). The third-order valence-electron chi connectivity index (χ3n) is 6.25. The molecule has 1 N–H and O–H groups in total. The van der Waals surface area contributed by atoms with Crippen molar-refractivity contribution < 1.29 is 17.5 Å². The number of rotatable bonds is 6. The first-order valence-electron chi connectivity index (χ1n) is 11.4. The zero-order chi connectivity index (χ0) is 26.3. The molecule has 1 aliphatic heterocycles. The molecule has 4 aromatic rings. The summed E-state index contributed by atoms with van der Waals surface area (Å²) in [6.07, 6.45) is 5.31. The van der Waals surface area contributed by atoms with E-state index in [1.807, 2.05) is 19.1 Å². The van der Waals surface area contributed by atoms with Crippen LogP contribution in [0.1, 0.15) is 18.6 Å². The van der Waals surface area contributed by atoms with Crippen LogP contribution >= 0.6 is 23.2 Å². The van der Waals surface area contributed by atoms with Gasteiger partial charge in [-0.05, 0) is 31.2 Å². The maximum Gasteiger partial charge on any atom is 0.211 e. The number of H-pyrrole nitrogens is 1. The summed E-state index contributed by atoms with van der Waals surface area (Å²) >= 11 is 12.5. The van der Waals surface area contributed by atoms with Crippen LogP contribution in [0, 0.1) is 5.82 Å². The summed E-state index contributed by atoms with van der Waals surface area (Å²) in [5.74, 6) is 0.227. The Morgan fingerprint density at radius 1 is 1.08 bits per heavy atom. The molecule has 13 heteroatoms. The zero-order valence-corrected chi connectivity index (χ0v) is 22.3. The molecule has 37 heavy (non-hydrogen) atoms. The second kappa shape index (κ2) is 10.1. The summed E-state index contributed by atoms with van der Waals surface area (Å²) in [5.41, 5.74) is 2.39. The van der Waals surface area contributed by atoms with Gasteiger partial charge in [0.1, 0.15) is 17.5 Å². The molecule has 1 aliphatic rings. The number of pyridine rings is 2. The topological polar surface area (TPSA) is 104 Å². The predicted molar refractivity (Wildman–Crippen MR) is 141 cm³/mol. The van der Waals surface area contributed by atoms with Gasteiger partial charge in [-0.2, -0.15) is 9.40 Å². The van der Waals surface area contributed by atoms with Crippen LogP contribution in [0.25, 0.3) is 22.2 Å². The second-order valence-electron chi connectivity index (χ2n) is 8.74. The van der Waals surface area contributed by atoms with E-state index < -0.39 is 21.9 Å². The fourth-order valence-corrected chi connectivity index (χ4v) is 5.88. The second-order valence-corrected chi connectivity index (χ2v) is 11.5. The number of aromatic amines is 1. The fraction of sp³-hybridized carbons (Fsp3) is 0.292. The molecule has 1 fully saturated rings. The van der Waals surface area contributed by atoms with Crippen LogP contribution in [0.15, 0.2) is 42.9 Å². The minimum Gasteiger partial charge on any atom is -0.486 e. The summed E-state index contributed by atoms with van der Waals surface area (Å²) in [5, 5.41) is 8.87. The molecular formula is C24H23Cl2FN6O3S. The summed E-state index contributed by atoms with van der Waals surface area (Å²) in [6, 6.07) is 6.81. The van der Waals surface area contributed by atoms with E-state index in [2.05, 4.69) is 20.2 Å². The van der Waals surface area contributed by atoms with Crippen molar-refractivity contribution in [3.63, 3.8) is 0 Å². The third-order valence-corrected chi connectivity index (χ3v) is 8.15. The van der Waals surface area contributed by atoms with E-state index in [1.165, 1.54) is 29.0 Å². The zero-order valence-electron chi connectivity index (χ0n) is 20.0. The van der Waals surface area contributed by atoms with E-state index in [9.17, 15) is 8.42 Å². The minimum atomic E-state index is -3.28. The summed E-state index contributed by atoms with van der Waals surface area (Å²) in [7, 11) is -3.28. The van der Waals surface area contributed by atoms with Crippen molar-refractivity contribution in [2.45, 2.75) is 13.0 Å². The van der Waals surface area contributed by atoms with E-state index in [1.54, 1.807) is 17.2 Å². The van der Waals surface area contributed by atoms with Gasteiger partial charge in [-0.1, -0.05) is 23.2 Å². The van der Waals surface area contributed by atoms with Crippen molar-refractivity contribution in [1.29, 1.82) is 0 Å². The smallest absolute Gasteiger partial charge is 0.211 e. The molecule has 0 bridgehead atoms. The molecule has 0 saturated carbocycles. The van der Waals surface area contributed by atoms with E-state index in [4.69, 9.17) is 27.9 Å². The molecule has 1 saturated heterocycles. The van der Waals surface area contributed by atoms with Crippen LogP contribution in [0.4, 0.5) is 10.2 Å². The van der Waals surface area contributed by atoms with Crippen molar-refractivity contribution >= 4 is 49.9 Å². The molecule has 9 nitrogen and oxygen atoms in total. The van der Waals surface area contributed by atoms with Gasteiger partial charge in [0.05, 0.1) is 21.8 Å². The summed E-state index contributed by atoms with van der Waals surface area (Å²) in [4.78, 5) is 10.1. The lowest BCUT2D eigenvalue weighted by Gasteiger charge is -2.34. The first kappa shape index (κ1) is 25.7. The monoisotopic (exact) mass is 564 g/mol. The third kappa shape index (κ3) is 5.22. The highest BCUT2D eigenvalue weighted by molar-refractivity contribution is 7.88. The van der Waals surface area contributed by atoms with Gasteiger partial charge in [-0.3, -0.25) is 10.1 Å². The number of benzene rings is 1. The van der Waals surface area contributed by atoms with Crippen molar-refractivity contribution in [2.24, 2.45) is 0 Å². The normalized spacial score (nSPS) is 15.8. The first-order chi connectivity index (χ1) is 17.6. The number of halogens is 3. The Labute approximate surface area is 223 Å². The van der Waals surface area contributed by atoms with Gasteiger partial charge < -0.3 is 9.64 Å². The predicted octanol–water partition coefficient (Wildman–Crippen LogP) is 4.69. The van der Waals surface area contributed by atoms with Gasteiger partial charge >= 0.3 is 0 Å². The Morgan fingerprint density at radius 2 is 1.78 bits per heavy atom. The Morgan fingerprint density at radius 3 is 2.43 bits per heavy atom. The number of aromatic nitrogens is 4. The average Bonchev–Trinajstić information content (AvgIpc) is 3.27. The van der Waals surface area contributed by atoms with Crippen LogP contribution in [-0.4, -0.2) is 65.3 Å². The minimum absolute atomic E-state index is 0.181. The van der Waals surface area contributed by atoms with Crippen molar-refractivity contribution in [3.05, 3.63) is 64.3 Å². The van der Waals surface area contributed by atoms with Gasteiger partial charge in [0.2, 0.25) is 10.0 Å². The maximum absolute atomic E-state index is 15.1. The van der Waals surface area contributed by atoms with Crippen LogP contribution < -0.4 is 9.64 Å². The van der Waals surface area contributed by atoms with Gasteiger partial charge in [0.15, 0.2) is 11.6 Å². The summed E-state index contributed by atoms with van der Waals surface area (Å²) < 4.78 is 46.1. The van der Waals surface area contributed by atoms with E-state index >= 15 is 4.39 Å². The van der Waals surface area contributed by atoms with Gasteiger partial charge in [0, 0.05) is 61.3 Å². The van der Waals surface area contributed by atoms with Crippen LogP contribution in [0.5, 0.6) is 5.75 Å². The molecule has 0 amide bonds.